The molecule has 0 aromatic rings. The summed E-state index contributed by atoms with van der Waals surface area (Å²) in [5, 5.41) is 0. The predicted molar refractivity (Wildman–Crippen MR) is 89.9 cm³/mol. The smallest absolute Gasteiger partial charge is 0.0252 e. The Hall–Kier alpha value is -0.0800. The van der Waals surface area contributed by atoms with Gasteiger partial charge in [0.1, 0.15) is 0 Å². The minimum absolute atomic E-state index is 0.379. The SMILES string of the molecule is CCC(CC)N(CC(C)C)C1CC(C(C)C)CCC1N. The van der Waals surface area contributed by atoms with Crippen LogP contribution < -0.4 is 5.73 Å². The monoisotopic (exact) mass is 282 g/mol. The molecule has 2 nitrogen and oxygen atoms in total. The zero-order valence-corrected chi connectivity index (χ0v) is 14.7. The summed E-state index contributed by atoms with van der Waals surface area (Å²) in [5.74, 6) is 2.39. The summed E-state index contributed by atoms with van der Waals surface area (Å²) in [6.45, 7) is 15.3. The third kappa shape index (κ3) is 4.73. The zero-order valence-electron chi connectivity index (χ0n) is 14.7. The highest BCUT2D eigenvalue weighted by Gasteiger charge is 2.35. The molecule has 3 unspecified atom stereocenters. The van der Waals surface area contributed by atoms with Crippen molar-refractivity contribution in [3.8, 4) is 0 Å². The number of hydrogen-bond donors (Lipinski definition) is 1. The Morgan fingerprint density at radius 2 is 1.65 bits per heavy atom. The maximum atomic E-state index is 6.52. The molecule has 1 aliphatic rings. The van der Waals surface area contributed by atoms with Gasteiger partial charge in [-0.25, -0.2) is 0 Å². The molecule has 2 N–H and O–H groups in total. The molecule has 0 heterocycles. The van der Waals surface area contributed by atoms with Crippen molar-refractivity contribution in [1.29, 1.82) is 0 Å². The summed E-state index contributed by atoms with van der Waals surface area (Å²) in [7, 11) is 0. The Bertz CT molecular complexity index is 258. The van der Waals surface area contributed by atoms with E-state index >= 15 is 0 Å². The van der Waals surface area contributed by atoms with Gasteiger partial charge in [-0.15, -0.1) is 0 Å². The lowest BCUT2D eigenvalue weighted by Crippen LogP contribution is -2.55. The van der Waals surface area contributed by atoms with Crippen molar-refractivity contribution in [2.24, 2.45) is 23.5 Å². The molecule has 0 bridgehead atoms. The van der Waals surface area contributed by atoms with Crippen LogP contribution in [0.5, 0.6) is 0 Å². The summed E-state index contributed by atoms with van der Waals surface area (Å²) in [6.07, 6.45) is 6.34. The van der Waals surface area contributed by atoms with Crippen LogP contribution in [0.15, 0.2) is 0 Å². The van der Waals surface area contributed by atoms with Gasteiger partial charge in [-0.3, -0.25) is 4.90 Å². The molecule has 1 rings (SSSR count). The highest BCUT2D eigenvalue weighted by atomic mass is 15.2. The second kappa shape index (κ2) is 8.38. The van der Waals surface area contributed by atoms with Crippen LogP contribution in [0, 0.1) is 17.8 Å². The Morgan fingerprint density at radius 1 is 1.05 bits per heavy atom. The minimum Gasteiger partial charge on any atom is -0.326 e. The van der Waals surface area contributed by atoms with Gasteiger partial charge in [0.15, 0.2) is 0 Å². The Morgan fingerprint density at radius 3 is 2.10 bits per heavy atom. The quantitative estimate of drug-likeness (QED) is 0.755. The minimum atomic E-state index is 0.379. The molecule has 0 radical (unpaired) electrons. The second-order valence-corrected chi connectivity index (χ2v) is 7.61. The summed E-state index contributed by atoms with van der Waals surface area (Å²) < 4.78 is 0. The lowest BCUT2D eigenvalue weighted by molar-refractivity contribution is 0.0475. The van der Waals surface area contributed by atoms with Crippen molar-refractivity contribution in [3.63, 3.8) is 0 Å². The van der Waals surface area contributed by atoms with E-state index < -0.39 is 0 Å². The van der Waals surface area contributed by atoms with Gasteiger partial charge < -0.3 is 5.73 Å². The molecule has 0 amide bonds. The third-order valence-electron chi connectivity index (χ3n) is 5.27. The highest BCUT2D eigenvalue weighted by Crippen LogP contribution is 2.33. The first-order valence-electron chi connectivity index (χ1n) is 8.91. The molecule has 0 aromatic heterocycles. The molecular formula is C18H38N2. The van der Waals surface area contributed by atoms with E-state index in [1.54, 1.807) is 0 Å². The molecule has 0 saturated heterocycles. The predicted octanol–water partition coefficient (Wildman–Crippen LogP) is 4.29. The van der Waals surface area contributed by atoms with Crippen molar-refractivity contribution in [3.05, 3.63) is 0 Å². The molecule has 2 heteroatoms. The lowest BCUT2D eigenvalue weighted by atomic mass is 9.76. The maximum Gasteiger partial charge on any atom is 0.0252 e. The van der Waals surface area contributed by atoms with Crippen LogP contribution in [0.25, 0.3) is 0 Å². The molecular weight excluding hydrogens is 244 g/mol. The molecule has 0 aromatic carbocycles. The van der Waals surface area contributed by atoms with Gasteiger partial charge in [0.05, 0.1) is 0 Å². The average molecular weight is 283 g/mol. The van der Waals surface area contributed by atoms with Crippen LogP contribution in [-0.2, 0) is 0 Å². The summed E-state index contributed by atoms with van der Waals surface area (Å²) >= 11 is 0. The second-order valence-electron chi connectivity index (χ2n) is 7.61. The fourth-order valence-corrected chi connectivity index (χ4v) is 3.92. The standard InChI is InChI=1S/C18H38N2/c1-7-16(8-2)20(12-13(3)4)18-11-15(14(5)6)9-10-17(18)19/h13-18H,7-12,19H2,1-6H3. The van der Waals surface area contributed by atoms with E-state index in [-0.39, 0.29) is 0 Å². The van der Waals surface area contributed by atoms with E-state index in [1.807, 2.05) is 0 Å². The third-order valence-corrected chi connectivity index (χ3v) is 5.27. The Balaban J connectivity index is 2.85. The molecule has 120 valence electrons. The van der Waals surface area contributed by atoms with E-state index in [4.69, 9.17) is 5.73 Å². The maximum absolute atomic E-state index is 6.52. The fraction of sp³-hybridized carbons (Fsp3) is 1.00. The molecule has 1 fully saturated rings. The van der Waals surface area contributed by atoms with Crippen molar-refractivity contribution in [1.82, 2.24) is 4.90 Å². The summed E-state index contributed by atoms with van der Waals surface area (Å²) in [4.78, 5) is 2.77. The first-order chi connectivity index (χ1) is 9.40. The normalized spacial score (nSPS) is 28.1. The molecule has 1 aliphatic carbocycles. The Labute approximate surface area is 127 Å². The van der Waals surface area contributed by atoms with E-state index in [9.17, 15) is 0 Å². The van der Waals surface area contributed by atoms with Crippen LogP contribution in [0.1, 0.15) is 73.6 Å². The van der Waals surface area contributed by atoms with E-state index in [1.165, 1.54) is 38.6 Å². The van der Waals surface area contributed by atoms with Gasteiger partial charge in [-0.05, 0) is 49.9 Å². The largest absolute Gasteiger partial charge is 0.326 e. The van der Waals surface area contributed by atoms with Crippen LogP contribution in [0.3, 0.4) is 0 Å². The fourth-order valence-electron chi connectivity index (χ4n) is 3.92. The van der Waals surface area contributed by atoms with Crippen LogP contribution >= 0.6 is 0 Å². The van der Waals surface area contributed by atoms with Crippen molar-refractivity contribution in [2.45, 2.75) is 91.8 Å². The number of hydrogen-bond acceptors (Lipinski definition) is 2. The zero-order chi connectivity index (χ0) is 15.3. The van der Waals surface area contributed by atoms with Crippen LogP contribution in [0.2, 0.25) is 0 Å². The van der Waals surface area contributed by atoms with Crippen LogP contribution in [-0.4, -0.2) is 29.6 Å². The molecule has 20 heavy (non-hydrogen) atoms. The first-order valence-corrected chi connectivity index (χ1v) is 8.91. The molecule has 0 aliphatic heterocycles. The Kier molecular flexibility index (Phi) is 7.53. The van der Waals surface area contributed by atoms with E-state index in [2.05, 4.69) is 46.4 Å². The van der Waals surface area contributed by atoms with Crippen molar-refractivity contribution < 1.29 is 0 Å². The number of rotatable bonds is 7. The van der Waals surface area contributed by atoms with Crippen molar-refractivity contribution in [2.75, 3.05) is 6.54 Å². The van der Waals surface area contributed by atoms with E-state index in [0.29, 0.717) is 18.1 Å². The van der Waals surface area contributed by atoms with Gasteiger partial charge in [-0.1, -0.05) is 41.5 Å². The van der Waals surface area contributed by atoms with Crippen LogP contribution in [0.4, 0.5) is 0 Å². The van der Waals surface area contributed by atoms with Gasteiger partial charge in [0.2, 0.25) is 0 Å². The van der Waals surface area contributed by atoms with Gasteiger partial charge in [0.25, 0.3) is 0 Å². The van der Waals surface area contributed by atoms with Crippen molar-refractivity contribution >= 4 is 0 Å². The average Bonchev–Trinajstić information content (AvgIpc) is 2.38. The van der Waals surface area contributed by atoms with E-state index in [0.717, 1.165) is 17.8 Å². The molecule has 1 saturated carbocycles. The number of nitrogens with two attached hydrogens (primary N) is 1. The highest BCUT2D eigenvalue weighted by molar-refractivity contribution is 4.92. The molecule has 0 spiro atoms. The summed E-state index contributed by atoms with van der Waals surface area (Å²) in [6, 6.07) is 1.69. The van der Waals surface area contributed by atoms with Gasteiger partial charge in [0, 0.05) is 24.7 Å². The summed E-state index contributed by atoms with van der Waals surface area (Å²) in [5.41, 5.74) is 6.52. The topological polar surface area (TPSA) is 29.3 Å². The van der Waals surface area contributed by atoms with Gasteiger partial charge >= 0.3 is 0 Å². The van der Waals surface area contributed by atoms with Gasteiger partial charge in [-0.2, -0.15) is 0 Å². The lowest BCUT2D eigenvalue weighted by Gasteiger charge is -2.46. The first kappa shape index (κ1) is 18.0. The molecule has 3 atom stereocenters. The number of nitrogens with zero attached hydrogens (tertiary/aromatic N) is 1.